The zero-order chi connectivity index (χ0) is 13.3. The lowest BCUT2D eigenvalue weighted by atomic mass is 10.3. The van der Waals surface area contributed by atoms with Gasteiger partial charge in [-0.1, -0.05) is 18.2 Å². The first-order valence-electron chi connectivity index (χ1n) is 5.26. The van der Waals surface area contributed by atoms with E-state index in [4.69, 9.17) is 0 Å². The van der Waals surface area contributed by atoms with Gasteiger partial charge in [-0.25, -0.2) is 4.68 Å². The van der Waals surface area contributed by atoms with Gasteiger partial charge in [-0.3, -0.25) is 0 Å². The van der Waals surface area contributed by atoms with Crippen molar-refractivity contribution in [1.82, 2.24) is 9.78 Å². The van der Waals surface area contributed by atoms with E-state index < -0.39 is 5.51 Å². The summed E-state index contributed by atoms with van der Waals surface area (Å²) in [5, 5.41) is 4.16. The number of hydrogen-bond donors (Lipinski definition) is 0. The first-order valence-corrected chi connectivity index (χ1v) is 6.07. The second-order valence-corrected chi connectivity index (χ2v) is 4.87. The molecule has 0 aliphatic heterocycles. The highest BCUT2D eigenvalue weighted by Gasteiger charge is 2.32. The second kappa shape index (κ2) is 4.68. The minimum Gasteiger partial charge on any atom is -0.237 e. The van der Waals surface area contributed by atoms with Crippen LogP contribution in [0.1, 0.15) is 11.4 Å². The maximum Gasteiger partial charge on any atom is 0.446 e. The van der Waals surface area contributed by atoms with E-state index in [1.165, 1.54) is 4.68 Å². The fourth-order valence-corrected chi connectivity index (χ4v) is 2.37. The molecule has 0 saturated carbocycles. The van der Waals surface area contributed by atoms with E-state index in [-0.39, 0.29) is 16.7 Å². The van der Waals surface area contributed by atoms with Crippen molar-refractivity contribution in [2.45, 2.75) is 24.3 Å². The number of para-hydroxylation sites is 1. The van der Waals surface area contributed by atoms with E-state index in [0.717, 1.165) is 5.69 Å². The molecule has 0 fully saturated rings. The van der Waals surface area contributed by atoms with Gasteiger partial charge in [0.25, 0.3) is 0 Å². The van der Waals surface area contributed by atoms with E-state index in [1.54, 1.807) is 13.8 Å². The van der Waals surface area contributed by atoms with Crippen LogP contribution in [0.3, 0.4) is 0 Å². The van der Waals surface area contributed by atoms with Crippen molar-refractivity contribution < 1.29 is 13.2 Å². The van der Waals surface area contributed by atoms with Crippen LogP contribution in [0.25, 0.3) is 5.69 Å². The Bertz CT molecular complexity index is 546. The van der Waals surface area contributed by atoms with Gasteiger partial charge in [0.15, 0.2) is 0 Å². The maximum atomic E-state index is 12.4. The molecule has 0 atom stereocenters. The molecule has 0 aliphatic rings. The Labute approximate surface area is 107 Å². The van der Waals surface area contributed by atoms with Gasteiger partial charge in [0, 0.05) is 0 Å². The zero-order valence-electron chi connectivity index (χ0n) is 9.82. The molecule has 0 radical (unpaired) electrons. The molecule has 1 heterocycles. The molecule has 6 heteroatoms. The first-order chi connectivity index (χ1) is 8.38. The molecule has 0 amide bonds. The summed E-state index contributed by atoms with van der Waals surface area (Å²) in [7, 11) is 0. The van der Waals surface area contributed by atoms with E-state index in [1.807, 2.05) is 30.3 Å². The van der Waals surface area contributed by atoms with Crippen LogP contribution >= 0.6 is 11.8 Å². The molecule has 0 aliphatic carbocycles. The normalized spacial score (nSPS) is 11.8. The Morgan fingerprint density at radius 2 is 1.72 bits per heavy atom. The number of aromatic nitrogens is 2. The van der Waals surface area contributed by atoms with E-state index in [9.17, 15) is 13.2 Å². The lowest BCUT2D eigenvalue weighted by Crippen LogP contribution is -2.01. The summed E-state index contributed by atoms with van der Waals surface area (Å²) in [4.78, 5) is 0.173. The molecule has 0 bridgehead atoms. The second-order valence-electron chi connectivity index (χ2n) is 3.80. The summed E-state index contributed by atoms with van der Waals surface area (Å²) >= 11 is -0.114. The topological polar surface area (TPSA) is 17.8 Å². The molecule has 1 aromatic carbocycles. The Morgan fingerprint density at radius 3 is 2.28 bits per heavy atom. The van der Waals surface area contributed by atoms with Crippen LogP contribution < -0.4 is 0 Å². The number of hydrogen-bond acceptors (Lipinski definition) is 2. The minimum atomic E-state index is -4.29. The maximum absolute atomic E-state index is 12.4. The highest BCUT2D eigenvalue weighted by atomic mass is 32.2. The third kappa shape index (κ3) is 2.69. The molecule has 0 N–H and O–H groups in total. The Hall–Kier alpha value is -1.43. The van der Waals surface area contributed by atoms with Crippen LogP contribution in [0.5, 0.6) is 0 Å². The third-order valence-electron chi connectivity index (χ3n) is 2.44. The van der Waals surface area contributed by atoms with Crippen LogP contribution in [0, 0.1) is 13.8 Å². The largest absolute Gasteiger partial charge is 0.446 e. The summed E-state index contributed by atoms with van der Waals surface area (Å²) in [5.74, 6) is 0. The van der Waals surface area contributed by atoms with E-state index in [0.29, 0.717) is 11.4 Å². The third-order valence-corrected chi connectivity index (χ3v) is 3.47. The van der Waals surface area contributed by atoms with Gasteiger partial charge in [0.05, 0.1) is 22.0 Å². The number of benzene rings is 1. The van der Waals surface area contributed by atoms with Crippen molar-refractivity contribution in [3.8, 4) is 5.69 Å². The van der Waals surface area contributed by atoms with Crippen molar-refractivity contribution in [2.24, 2.45) is 0 Å². The molecule has 2 aromatic rings. The molecule has 0 saturated heterocycles. The quantitative estimate of drug-likeness (QED) is 0.766. The summed E-state index contributed by atoms with van der Waals surface area (Å²) in [6, 6.07) is 9.11. The highest BCUT2D eigenvalue weighted by Crippen LogP contribution is 2.40. The van der Waals surface area contributed by atoms with Crippen molar-refractivity contribution in [3.63, 3.8) is 0 Å². The van der Waals surface area contributed by atoms with Crippen molar-refractivity contribution in [1.29, 1.82) is 0 Å². The highest BCUT2D eigenvalue weighted by molar-refractivity contribution is 8.00. The van der Waals surface area contributed by atoms with Crippen LogP contribution in [0.15, 0.2) is 35.2 Å². The predicted molar refractivity (Wildman–Crippen MR) is 65.0 cm³/mol. The standard InChI is InChI=1S/C12H11F3N2S/c1-8-11(18-12(13,14)15)9(2)17(16-8)10-6-4-3-5-7-10/h3-7H,1-2H3. The van der Waals surface area contributed by atoms with Crippen LogP contribution in [-0.2, 0) is 0 Å². The summed E-state index contributed by atoms with van der Waals surface area (Å²) in [5.41, 5.74) is -2.65. The fraction of sp³-hybridized carbons (Fsp3) is 0.250. The number of halogens is 3. The molecule has 2 nitrogen and oxygen atoms in total. The van der Waals surface area contributed by atoms with Gasteiger partial charge in [-0.2, -0.15) is 18.3 Å². The van der Waals surface area contributed by atoms with E-state index in [2.05, 4.69) is 5.10 Å². The Balaban J connectivity index is 2.44. The predicted octanol–water partition coefficient (Wildman–Crippen LogP) is 4.10. The number of nitrogens with zero attached hydrogens (tertiary/aromatic N) is 2. The van der Waals surface area contributed by atoms with Gasteiger partial charge in [-0.05, 0) is 37.7 Å². The molecular weight excluding hydrogens is 261 g/mol. The number of aryl methyl sites for hydroxylation is 1. The molecule has 18 heavy (non-hydrogen) atoms. The van der Waals surface area contributed by atoms with Gasteiger partial charge in [0.2, 0.25) is 0 Å². The molecular formula is C12H11F3N2S. The Morgan fingerprint density at radius 1 is 1.11 bits per heavy atom. The monoisotopic (exact) mass is 272 g/mol. The minimum absolute atomic E-state index is 0.114. The molecule has 0 unspecified atom stereocenters. The van der Waals surface area contributed by atoms with Gasteiger partial charge in [0.1, 0.15) is 0 Å². The number of rotatable bonds is 2. The first kappa shape index (κ1) is 13.0. The van der Waals surface area contributed by atoms with Gasteiger partial charge < -0.3 is 0 Å². The summed E-state index contributed by atoms with van der Waals surface area (Å²) in [6.07, 6.45) is 0. The average Bonchev–Trinajstić information content (AvgIpc) is 2.56. The lowest BCUT2D eigenvalue weighted by molar-refractivity contribution is -0.0328. The molecule has 2 rings (SSSR count). The lowest BCUT2D eigenvalue weighted by Gasteiger charge is -2.06. The van der Waals surface area contributed by atoms with Crippen molar-refractivity contribution in [3.05, 3.63) is 41.7 Å². The smallest absolute Gasteiger partial charge is 0.237 e. The van der Waals surface area contributed by atoms with Crippen molar-refractivity contribution >= 4 is 11.8 Å². The number of thioether (sulfide) groups is 1. The number of alkyl halides is 3. The molecule has 0 spiro atoms. The van der Waals surface area contributed by atoms with Gasteiger partial charge >= 0.3 is 5.51 Å². The average molecular weight is 272 g/mol. The molecule has 1 aromatic heterocycles. The van der Waals surface area contributed by atoms with Crippen LogP contribution in [0.2, 0.25) is 0 Å². The SMILES string of the molecule is Cc1nn(-c2ccccc2)c(C)c1SC(F)(F)F. The van der Waals surface area contributed by atoms with E-state index >= 15 is 0 Å². The summed E-state index contributed by atoms with van der Waals surface area (Å²) < 4.78 is 38.8. The zero-order valence-corrected chi connectivity index (χ0v) is 10.6. The van der Waals surface area contributed by atoms with Crippen molar-refractivity contribution in [2.75, 3.05) is 0 Å². The van der Waals surface area contributed by atoms with Crippen LogP contribution in [0.4, 0.5) is 13.2 Å². The molecule has 96 valence electrons. The summed E-state index contributed by atoms with van der Waals surface area (Å²) in [6.45, 7) is 3.22. The van der Waals surface area contributed by atoms with Crippen LogP contribution in [-0.4, -0.2) is 15.3 Å². The fourth-order valence-electron chi connectivity index (χ4n) is 1.71. The Kier molecular flexibility index (Phi) is 3.38. The van der Waals surface area contributed by atoms with Gasteiger partial charge in [-0.15, -0.1) is 0 Å².